The van der Waals surface area contributed by atoms with Crippen molar-refractivity contribution in [1.82, 2.24) is 10.5 Å². The van der Waals surface area contributed by atoms with Gasteiger partial charge in [-0.05, 0) is 42.0 Å². The molecule has 4 rings (SSSR count). The van der Waals surface area contributed by atoms with Gasteiger partial charge < -0.3 is 33.5 Å². The van der Waals surface area contributed by atoms with E-state index in [-0.39, 0.29) is 12.5 Å². The fourth-order valence-corrected chi connectivity index (χ4v) is 3.33. The van der Waals surface area contributed by atoms with E-state index < -0.39 is 0 Å². The van der Waals surface area contributed by atoms with Gasteiger partial charge in [-0.3, -0.25) is 4.79 Å². The van der Waals surface area contributed by atoms with Crippen molar-refractivity contribution in [3.05, 3.63) is 53.7 Å². The first kappa shape index (κ1) is 22.1. The summed E-state index contributed by atoms with van der Waals surface area (Å²) in [6, 6.07) is 10.8. The van der Waals surface area contributed by atoms with Crippen LogP contribution in [0.2, 0.25) is 0 Å². The molecule has 0 bridgehead atoms. The molecule has 0 atom stereocenters. The molecule has 1 aliphatic rings. The van der Waals surface area contributed by atoms with Crippen molar-refractivity contribution in [3.63, 3.8) is 0 Å². The number of nitrogens with zero attached hydrogens (tertiary/aromatic N) is 1. The number of ether oxygens (including phenoxy) is 5. The van der Waals surface area contributed by atoms with Crippen LogP contribution in [0.5, 0.6) is 28.7 Å². The van der Waals surface area contributed by atoms with Gasteiger partial charge in [-0.25, -0.2) is 0 Å². The Morgan fingerprint density at radius 3 is 2.42 bits per heavy atom. The highest BCUT2D eigenvalue weighted by Gasteiger charge is 2.15. The minimum absolute atomic E-state index is 0.215. The zero-order valence-corrected chi connectivity index (χ0v) is 18.5. The number of methoxy groups -OCH3 is 3. The molecule has 0 unspecified atom stereocenters. The van der Waals surface area contributed by atoms with Crippen LogP contribution in [0.3, 0.4) is 0 Å². The predicted molar refractivity (Wildman–Crippen MR) is 120 cm³/mol. The lowest BCUT2D eigenvalue weighted by Gasteiger charge is -2.18. The summed E-state index contributed by atoms with van der Waals surface area (Å²) in [5, 5.41) is 6.81. The number of benzene rings is 2. The molecule has 1 amide bonds. The molecule has 3 aromatic rings. The summed E-state index contributed by atoms with van der Waals surface area (Å²) < 4.78 is 32.5. The topological polar surface area (TPSA) is 101 Å². The van der Waals surface area contributed by atoms with Crippen LogP contribution in [0.25, 0.3) is 17.4 Å². The summed E-state index contributed by atoms with van der Waals surface area (Å²) in [6.07, 6.45) is 3.08. The van der Waals surface area contributed by atoms with Gasteiger partial charge in [-0.15, -0.1) is 0 Å². The summed E-state index contributed by atoms with van der Waals surface area (Å²) >= 11 is 0. The molecule has 1 N–H and O–H groups in total. The van der Waals surface area contributed by atoms with Crippen molar-refractivity contribution in [1.29, 1.82) is 0 Å². The number of hydrogen-bond acceptors (Lipinski definition) is 8. The van der Waals surface area contributed by atoms with Crippen molar-refractivity contribution in [2.45, 2.75) is 6.54 Å². The molecule has 1 aliphatic heterocycles. The van der Waals surface area contributed by atoms with E-state index in [1.54, 1.807) is 24.3 Å². The Bertz CT molecular complexity index is 1140. The number of carbonyl (C=O) groups excluding carboxylic acids is 1. The second kappa shape index (κ2) is 9.99. The van der Waals surface area contributed by atoms with Crippen molar-refractivity contribution >= 4 is 12.0 Å². The number of aromatic nitrogens is 1. The first-order valence-corrected chi connectivity index (χ1v) is 10.2. The normalized spacial score (nSPS) is 12.5. The quantitative estimate of drug-likeness (QED) is 0.519. The average molecular weight is 452 g/mol. The van der Waals surface area contributed by atoms with Crippen molar-refractivity contribution in [2.24, 2.45) is 0 Å². The number of amides is 1. The molecule has 0 fully saturated rings. The zero-order valence-electron chi connectivity index (χ0n) is 18.5. The van der Waals surface area contributed by atoms with Gasteiger partial charge in [0.25, 0.3) is 0 Å². The maximum absolute atomic E-state index is 12.3. The van der Waals surface area contributed by atoms with Gasteiger partial charge in [-0.1, -0.05) is 5.16 Å². The van der Waals surface area contributed by atoms with E-state index in [1.807, 2.05) is 18.2 Å². The molecule has 9 heteroatoms. The Kier molecular flexibility index (Phi) is 6.68. The molecule has 2 heterocycles. The highest BCUT2D eigenvalue weighted by atomic mass is 16.6. The Hall–Kier alpha value is -4.14. The maximum atomic E-state index is 12.3. The zero-order chi connectivity index (χ0) is 23.2. The van der Waals surface area contributed by atoms with Crippen molar-refractivity contribution < 1.29 is 33.0 Å². The van der Waals surface area contributed by atoms with Crippen LogP contribution in [-0.2, 0) is 11.3 Å². The van der Waals surface area contributed by atoms with Crippen LogP contribution in [0.1, 0.15) is 11.3 Å². The number of carbonyl (C=O) groups is 1. The van der Waals surface area contributed by atoms with Crippen molar-refractivity contribution in [3.8, 4) is 40.1 Å². The third-order valence-corrected chi connectivity index (χ3v) is 4.94. The van der Waals surface area contributed by atoms with E-state index in [9.17, 15) is 4.79 Å². The van der Waals surface area contributed by atoms with Gasteiger partial charge >= 0.3 is 0 Å². The van der Waals surface area contributed by atoms with Crippen LogP contribution in [0, 0.1) is 0 Å². The van der Waals surface area contributed by atoms with Crippen LogP contribution in [0.15, 0.2) is 47.0 Å². The molecule has 0 saturated heterocycles. The molecular formula is C24H24N2O7. The van der Waals surface area contributed by atoms with E-state index in [0.29, 0.717) is 53.4 Å². The van der Waals surface area contributed by atoms with Gasteiger partial charge in [0.15, 0.2) is 28.8 Å². The number of nitrogens with one attached hydrogen (secondary N) is 1. The standard InChI is InChI=1S/C24H24N2O7/c1-28-21-10-15(11-22(29-2)24(21)30-3)4-7-23(27)25-14-17-13-19(33-26-17)16-5-6-18-20(12-16)32-9-8-31-18/h4-7,10-13H,8-9,14H2,1-3H3,(H,25,27)/b7-4-. The monoisotopic (exact) mass is 452 g/mol. The van der Waals surface area contributed by atoms with E-state index in [4.69, 9.17) is 28.2 Å². The Morgan fingerprint density at radius 2 is 1.73 bits per heavy atom. The first-order chi connectivity index (χ1) is 16.1. The van der Waals surface area contributed by atoms with Gasteiger partial charge in [0.1, 0.15) is 18.9 Å². The summed E-state index contributed by atoms with van der Waals surface area (Å²) in [4.78, 5) is 12.3. The molecule has 33 heavy (non-hydrogen) atoms. The lowest BCUT2D eigenvalue weighted by molar-refractivity contribution is -0.116. The van der Waals surface area contributed by atoms with Crippen molar-refractivity contribution in [2.75, 3.05) is 34.5 Å². The van der Waals surface area contributed by atoms with Gasteiger partial charge in [-0.2, -0.15) is 0 Å². The summed E-state index contributed by atoms with van der Waals surface area (Å²) in [6.45, 7) is 1.26. The SMILES string of the molecule is COc1cc(/C=C\C(=O)NCc2cc(-c3ccc4c(c3)OCCO4)on2)cc(OC)c1OC. The first-order valence-electron chi connectivity index (χ1n) is 10.2. The Labute approximate surface area is 190 Å². The predicted octanol–water partition coefficient (Wildman–Crippen LogP) is 3.47. The number of fused-ring (bicyclic) bond motifs is 1. The van der Waals surface area contributed by atoms with Crippen LogP contribution in [0.4, 0.5) is 0 Å². The van der Waals surface area contributed by atoms with E-state index >= 15 is 0 Å². The fourth-order valence-electron chi connectivity index (χ4n) is 3.33. The number of rotatable bonds is 8. The van der Waals surface area contributed by atoms with Crippen LogP contribution >= 0.6 is 0 Å². The third kappa shape index (κ3) is 5.03. The molecule has 2 aromatic carbocycles. The lowest BCUT2D eigenvalue weighted by atomic mass is 10.1. The summed E-state index contributed by atoms with van der Waals surface area (Å²) in [5.74, 6) is 3.16. The van der Waals surface area contributed by atoms with Crippen LogP contribution < -0.4 is 29.0 Å². The summed E-state index contributed by atoms with van der Waals surface area (Å²) in [7, 11) is 4.61. The lowest BCUT2D eigenvalue weighted by Crippen LogP contribution is -2.20. The minimum Gasteiger partial charge on any atom is -0.493 e. The number of hydrogen-bond donors (Lipinski definition) is 1. The second-order valence-electron chi connectivity index (χ2n) is 7.05. The van der Waals surface area contributed by atoms with E-state index in [0.717, 1.165) is 11.1 Å². The smallest absolute Gasteiger partial charge is 0.244 e. The molecular weight excluding hydrogens is 428 g/mol. The van der Waals surface area contributed by atoms with Gasteiger partial charge in [0.05, 0.1) is 27.9 Å². The highest BCUT2D eigenvalue weighted by molar-refractivity contribution is 5.91. The highest BCUT2D eigenvalue weighted by Crippen LogP contribution is 2.38. The fraction of sp³-hybridized carbons (Fsp3) is 0.250. The van der Waals surface area contributed by atoms with Gasteiger partial charge in [0.2, 0.25) is 11.7 Å². The molecule has 9 nitrogen and oxygen atoms in total. The van der Waals surface area contributed by atoms with E-state index in [1.165, 1.54) is 27.4 Å². The van der Waals surface area contributed by atoms with Gasteiger partial charge in [0, 0.05) is 17.7 Å². The minimum atomic E-state index is -0.285. The molecule has 1 aromatic heterocycles. The van der Waals surface area contributed by atoms with Crippen LogP contribution in [-0.4, -0.2) is 45.6 Å². The Balaban J connectivity index is 1.38. The van der Waals surface area contributed by atoms with E-state index in [2.05, 4.69) is 10.5 Å². The third-order valence-electron chi connectivity index (χ3n) is 4.94. The average Bonchev–Trinajstić information content (AvgIpc) is 3.34. The molecule has 0 aliphatic carbocycles. The maximum Gasteiger partial charge on any atom is 0.244 e. The Morgan fingerprint density at radius 1 is 1.00 bits per heavy atom. The second-order valence-corrected chi connectivity index (χ2v) is 7.05. The molecule has 0 radical (unpaired) electrons. The largest absolute Gasteiger partial charge is 0.493 e. The molecule has 172 valence electrons. The molecule has 0 saturated carbocycles. The molecule has 0 spiro atoms. The summed E-state index contributed by atoms with van der Waals surface area (Å²) in [5.41, 5.74) is 2.13.